The first-order valence-electron chi connectivity index (χ1n) is 9.63. The Labute approximate surface area is 156 Å². The van der Waals surface area contributed by atoms with E-state index in [1.54, 1.807) is 12.5 Å². The second kappa shape index (κ2) is 7.83. The largest absolute Gasteiger partial charge is 0.472 e. The molecule has 0 radical (unpaired) electrons. The van der Waals surface area contributed by atoms with Crippen LogP contribution in [-0.2, 0) is 20.7 Å². The smallest absolute Gasteiger partial charge is 0.306 e. The molecule has 3 rings (SSSR count). The molecule has 1 aromatic heterocycles. The Bertz CT molecular complexity index is 672. The van der Waals surface area contributed by atoms with Gasteiger partial charge in [0.15, 0.2) is 0 Å². The van der Waals surface area contributed by atoms with Gasteiger partial charge in [-0.2, -0.15) is 0 Å². The molecule has 3 heterocycles. The van der Waals surface area contributed by atoms with Gasteiger partial charge in [-0.1, -0.05) is 23.8 Å². The number of hydrogen-bond acceptors (Lipinski definition) is 4. The lowest BCUT2D eigenvalue weighted by Gasteiger charge is -2.31. The molecule has 0 N–H and O–H groups in total. The Morgan fingerprint density at radius 3 is 2.88 bits per heavy atom. The molecular weight excluding hydrogens is 328 g/mol. The molecule has 2 aliphatic rings. The highest BCUT2D eigenvalue weighted by molar-refractivity contribution is 5.72. The van der Waals surface area contributed by atoms with Crippen LogP contribution in [0, 0.1) is 0 Å². The highest BCUT2D eigenvalue weighted by Crippen LogP contribution is 2.42. The molecule has 26 heavy (non-hydrogen) atoms. The van der Waals surface area contributed by atoms with Crippen molar-refractivity contribution in [3.05, 3.63) is 48.0 Å². The standard InChI is InChI=1S/C22H30O4/c1-17(6-4-8-18-11-15-24-16-18)7-5-12-21(2)13-9-19(25-21)22(3)14-10-20(23)26-22/h5-6,11-12,15-16,19H,4,7-10,13-14H2,1-3H3/t19-,21+,22+/m1/s1. The third kappa shape index (κ3) is 4.67. The van der Waals surface area contributed by atoms with Gasteiger partial charge in [0.05, 0.1) is 24.2 Å². The summed E-state index contributed by atoms with van der Waals surface area (Å²) in [5.74, 6) is -0.101. The van der Waals surface area contributed by atoms with Crippen LogP contribution < -0.4 is 0 Å². The van der Waals surface area contributed by atoms with Crippen LogP contribution in [0.1, 0.15) is 64.9 Å². The zero-order valence-electron chi connectivity index (χ0n) is 16.1. The fourth-order valence-electron chi connectivity index (χ4n) is 3.85. The third-order valence-corrected chi connectivity index (χ3v) is 5.58. The van der Waals surface area contributed by atoms with E-state index in [4.69, 9.17) is 13.9 Å². The Balaban J connectivity index is 1.46. The SMILES string of the molecule is CC(=CCCc1ccoc1)CC=C[C@@]1(C)CC[C@H]([C@]2(C)CCC(=O)O2)O1. The Morgan fingerprint density at radius 2 is 2.19 bits per heavy atom. The van der Waals surface area contributed by atoms with Gasteiger partial charge in [-0.3, -0.25) is 4.79 Å². The Hall–Kier alpha value is -1.81. The van der Waals surface area contributed by atoms with Crippen molar-refractivity contribution in [2.45, 2.75) is 83.0 Å². The van der Waals surface area contributed by atoms with Crippen molar-refractivity contribution in [2.75, 3.05) is 0 Å². The van der Waals surface area contributed by atoms with E-state index in [9.17, 15) is 4.79 Å². The molecule has 3 atom stereocenters. The number of carbonyl (C=O) groups is 1. The highest BCUT2D eigenvalue weighted by Gasteiger charge is 2.49. The average Bonchev–Trinajstić information content (AvgIpc) is 3.30. The number of allylic oxidation sites excluding steroid dienone is 3. The number of esters is 1. The quantitative estimate of drug-likeness (QED) is 0.500. The molecule has 0 unspecified atom stereocenters. The molecule has 0 aromatic carbocycles. The van der Waals surface area contributed by atoms with E-state index in [0.29, 0.717) is 6.42 Å². The molecule has 1 aromatic rings. The van der Waals surface area contributed by atoms with Crippen molar-refractivity contribution in [1.29, 1.82) is 0 Å². The van der Waals surface area contributed by atoms with Gasteiger partial charge in [0, 0.05) is 6.42 Å². The maximum absolute atomic E-state index is 11.5. The minimum Gasteiger partial charge on any atom is -0.472 e. The molecular formula is C22H30O4. The molecule has 2 aliphatic heterocycles. The maximum Gasteiger partial charge on any atom is 0.306 e. The van der Waals surface area contributed by atoms with E-state index in [2.05, 4.69) is 32.1 Å². The van der Waals surface area contributed by atoms with E-state index in [0.717, 1.165) is 38.5 Å². The highest BCUT2D eigenvalue weighted by atomic mass is 16.6. The number of rotatable bonds is 7. The Kier molecular flexibility index (Phi) is 5.71. The number of hydrogen-bond donors (Lipinski definition) is 0. The fourth-order valence-corrected chi connectivity index (χ4v) is 3.85. The van der Waals surface area contributed by atoms with Gasteiger partial charge in [0.25, 0.3) is 0 Å². The minimum atomic E-state index is -0.453. The molecule has 2 saturated heterocycles. The lowest BCUT2D eigenvalue weighted by Crippen LogP contribution is -2.40. The third-order valence-electron chi connectivity index (χ3n) is 5.58. The molecule has 0 aliphatic carbocycles. The van der Waals surface area contributed by atoms with E-state index >= 15 is 0 Å². The summed E-state index contributed by atoms with van der Waals surface area (Å²) in [5.41, 5.74) is 1.88. The first kappa shape index (κ1) is 19.0. The van der Waals surface area contributed by atoms with Crippen LogP contribution in [0.4, 0.5) is 0 Å². The summed E-state index contributed by atoms with van der Waals surface area (Å²) in [5, 5.41) is 0. The van der Waals surface area contributed by atoms with E-state index in [1.165, 1.54) is 11.1 Å². The van der Waals surface area contributed by atoms with Crippen molar-refractivity contribution in [2.24, 2.45) is 0 Å². The second-order valence-corrected chi connectivity index (χ2v) is 8.07. The minimum absolute atomic E-state index is 0.00445. The summed E-state index contributed by atoms with van der Waals surface area (Å²) in [4.78, 5) is 11.5. The summed E-state index contributed by atoms with van der Waals surface area (Å²) in [6.45, 7) is 6.30. The predicted molar refractivity (Wildman–Crippen MR) is 101 cm³/mol. The average molecular weight is 358 g/mol. The maximum atomic E-state index is 11.5. The van der Waals surface area contributed by atoms with Crippen LogP contribution >= 0.6 is 0 Å². The molecule has 0 bridgehead atoms. The second-order valence-electron chi connectivity index (χ2n) is 8.07. The monoisotopic (exact) mass is 358 g/mol. The first-order chi connectivity index (χ1) is 12.4. The van der Waals surface area contributed by atoms with Crippen LogP contribution in [0.3, 0.4) is 0 Å². The summed E-state index contributed by atoms with van der Waals surface area (Å²) in [7, 11) is 0. The van der Waals surface area contributed by atoms with Crippen molar-refractivity contribution in [3.8, 4) is 0 Å². The van der Waals surface area contributed by atoms with Gasteiger partial charge in [-0.25, -0.2) is 0 Å². The van der Waals surface area contributed by atoms with Crippen molar-refractivity contribution in [1.82, 2.24) is 0 Å². The summed E-state index contributed by atoms with van der Waals surface area (Å²) in [6, 6.07) is 2.01. The molecule has 0 saturated carbocycles. The van der Waals surface area contributed by atoms with Gasteiger partial charge < -0.3 is 13.9 Å². The molecule has 4 nitrogen and oxygen atoms in total. The summed E-state index contributed by atoms with van der Waals surface area (Å²) in [6.07, 6.45) is 16.3. The first-order valence-corrected chi connectivity index (χ1v) is 9.63. The van der Waals surface area contributed by atoms with Gasteiger partial charge >= 0.3 is 5.97 Å². The zero-order chi connectivity index (χ0) is 18.6. The van der Waals surface area contributed by atoms with Gasteiger partial charge in [0.2, 0.25) is 0 Å². The number of cyclic esters (lactones) is 1. The Morgan fingerprint density at radius 1 is 1.35 bits per heavy atom. The lowest BCUT2D eigenvalue weighted by atomic mass is 9.92. The van der Waals surface area contributed by atoms with Crippen molar-refractivity contribution < 1.29 is 18.7 Å². The van der Waals surface area contributed by atoms with E-state index in [1.807, 2.05) is 13.0 Å². The van der Waals surface area contributed by atoms with Gasteiger partial charge in [-0.15, -0.1) is 0 Å². The number of ether oxygens (including phenoxy) is 2. The normalized spacial score (nSPS) is 32.5. The molecule has 0 amide bonds. The molecule has 142 valence electrons. The zero-order valence-corrected chi connectivity index (χ0v) is 16.1. The van der Waals surface area contributed by atoms with Crippen LogP contribution in [0.2, 0.25) is 0 Å². The lowest BCUT2D eigenvalue weighted by molar-refractivity contribution is -0.162. The predicted octanol–water partition coefficient (Wildman–Crippen LogP) is 5.14. The molecule has 0 spiro atoms. The topological polar surface area (TPSA) is 48.7 Å². The molecule has 2 fully saturated rings. The van der Waals surface area contributed by atoms with Gasteiger partial charge in [0.1, 0.15) is 5.60 Å². The van der Waals surface area contributed by atoms with Gasteiger partial charge in [-0.05, 0) is 70.9 Å². The van der Waals surface area contributed by atoms with Crippen molar-refractivity contribution in [3.63, 3.8) is 0 Å². The number of aryl methyl sites for hydroxylation is 1. The summed E-state index contributed by atoms with van der Waals surface area (Å²) < 4.78 is 16.9. The van der Waals surface area contributed by atoms with E-state index < -0.39 is 5.60 Å². The number of furan rings is 1. The van der Waals surface area contributed by atoms with Crippen LogP contribution in [0.15, 0.2) is 46.8 Å². The summed E-state index contributed by atoms with van der Waals surface area (Å²) >= 11 is 0. The van der Waals surface area contributed by atoms with E-state index in [-0.39, 0.29) is 17.7 Å². The van der Waals surface area contributed by atoms with Crippen LogP contribution in [-0.4, -0.2) is 23.3 Å². The number of carbonyl (C=O) groups excluding carboxylic acids is 1. The van der Waals surface area contributed by atoms with Crippen molar-refractivity contribution >= 4 is 5.97 Å². The van der Waals surface area contributed by atoms with Crippen LogP contribution in [0.25, 0.3) is 0 Å². The van der Waals surface area contributed by atoms with Crippen LogP contribution in [0.5, 0.6) is 0 Å². The fraction of sp³-hybridized carbons (Fsp3) is 0.591. The molecule has 4 heteroatoms.